The van der Waals surface area contributed by atoms with Crippen LogP contribution in [0.15, 0.2) is 71.6 Å². The molecule has 0 bridgehead atoms. The smallest absolute Gasteiger partial charge is 0.255 e. The number of nitrogens with one attached hydrogen (secondary N) is 2. The summed E-state index contributed by atoms with van der Waals surface area (Å²) in [4.78, 5) is 25.4. The molecule has 3 aromatic carbocycles. The van der Waals surface area contributed by atoms with Crippen molar-refractivity contribution in [2.24, 2.45) is 0 Å². The van der Waals surface area contributed by atoms with Crippen LogP contribution in [0.25, 0.3) is 0 Å². The molecule has 3 rings (SSSR count). The Hall–Kier alpha value is -2.47. The maximum atomic E-state index is 12.4. The average molecular weight is 445 g/mol. The maximum Gasteiger partial charge on any atom is 0.255 e. The third-order valence-electron chi connectivity index (χ3n) is 4.08. The Morgan fingerprint density at radius 1 is 0.931 bits per heavy atom. The van der Waals surface area contributed by atoms with Gasteiger partial charge in [-0.05, 0) is 61.0 Å². The Labute approximate surface area is 183 Å². The van der Waals surface area contributed by atoms with Crippen molar-refractivity contribution in [3.63, 3.8) is 0 Å². The minimum atomic E-state index is -0.170. The van der Waals surface area contributed by atoms with E-state index in [4.69, 9.17) is 23.2 Å². The minimum Gasteiger partial charge on any atom is -0.324 e. The number of hydrogen-bond acceptors (Lipinski definition) is 3. The molecule has 0 aromatic heterocycles. The Kier molecular flexibility index (Phi) is 7.20. The molecule has 0 radical (unpaired) electrons. The number of carbonyl (C=O) groups excluding carboxylic acids is 2. The zero-order valence-corrected chi connectivity index (χ0v) is 17.9. The number of benzene rings is 3. The molecular formula is C22H18Cl2N2O2S. The van der Waals surface area contributed by atoms with Gasteiger partial charge in [0.1, 0.15) is 0 Å². The lowest BCUT2D eigenvalue weighted by Gasteiger charge is -2.09. The number of rotatable bonds is 6. The van der Waals surface area contributed by atoms with E-state index in [1.54, 1.807) is 24.3 Å². The highest BCUT2D eigenvalue weighted by Crippen LogP contribution is 2.26. The van der Waals surface area contributed by atoms with Crippen molar-refractivity contribution in [2.45, 2.75) is 11.8 Å². The zero-order chi connectivity index (χ0) is 20.8. The van der Waals surface area contributed by atoms with Crippen LogP contribution < -0.4 is 10.6 Å². The molecule has 0 fully saturated rings. The second kappa shape index (κ2) is 9.83. The fraction of sp³-hybridized carbons (Fsp3) is 0.0909. The van der Waals surface area contributed by atoms with Gasteiger partial charge < -0.3 is 10.6 Å². The summed E-state index contributed by atoms with van der Waals surface area (Å²) in [6, 6.07) is 19.7. The molecule has 0 saturated carbocycles. The van der Waals surface area contributed by atoms with E-state index in [1.807, 2.05) is 49.4 Å². The number of amides is 2. The average Bonchev–Trinajstić information content (AvgIpc) is 2.70. The Bertz CT molecular complexity index is 1040. The van der Waals surface area contributed by atoms with E-state index in [-0.39, 0.29) is 17.6 Å². The fourth-order valence-corrected chi connectivity index (χ4v) is 3.74. The first-order valence-electron chi connectivity index (χ1n) is 8.77. The van der Waals surface area contributed by atoms with Crippen LogP contribution in [0.2, 0.25) is 10.0 Å². The van der Waals surface area contributed by atoms with Gasteiger partial charge in [-0.2, -0.15) is 0 Å². The summed E-state index contributed by atoms with van der Waals surface area (Å²) >= 11 is 13.3. The molecule has 148 valence electrons. The molecule has 4 nitrogen and oxygen atoms in total. The fourth-order valence-electron chi connectivity index (χ4n) is 2.59. The first kappa shape index (κ1) is 21.2. The van der Waals surface area contributed by atoms with E-state index in [0.717, 1.165) is 10.5 Å². The van der Waals surface area contributed by atoms with Gasteiger partial charge >= 0.3 is 0 Å². The van der Waals surface area contributed by atoms with E-state index >= 15 is 0 Å². The van der Waals surface area contributed by atoms with Gasteiger partial charge in [0.2, 0.25) is 5.91 Å². The zero-order valence-electron chi connectivity index (χ0n) is 15.5. The maximum absolute atomic E-state index is 12.4. The van der Waals surface area contributed by atoms with Crippen molar-refractivity contribution < 1.29 is 9.59 Å². The number of aryl methyl sites for hydroxylation is 1. The van der Waals surface area contributed by atoms with Crippen LogP contribution in [0, 0.1) is 6.92 Å². The molecular weight excluding hydrogens is 427 g/mol. The van der Waals surface area contributed by atoms with E-state index in [0.29, 0.717) is 27.0 Å². The second-order valence-corrected chi connectivity index (χ2v) is 8.15. The molecule has 0 aliphatic heterocycles. The van der Waals surface area contributed by atoms with Crippen LogP contribution in [-0.4, -0.2) is 17.6 Å². The van der Waals surface area contributed by atoms with Gasteiger partial charge in [-0.15, -0.1) is 11.8 Å². The van der Waals surface area contributed by atoms with E-state index in [2.05, 4.69) is 10.6 Å². The van der Waals surface area contributed by atoms with Crippen molar-refractivity contribution in [3.05, 3.63) is 87.9 Å². The summed E-state index contributed by atoms with van der Waals surface area (Å²) in [5.74, 6) is -0.0905. The lowest BCUT2D eigenvalue weighted by atomic mass is 10.1. The van der Waals surface area contributed by atoms with Crippen molar-refractivity contribution in [1.82, 2.24) is 0 Å². The molecule has 3 aromatic rings. The molecule has 0 spiro atoms. The number of hydrogen-bond donors (Lipinski definition) is 2. The SMILES string of the molecule is Cc1ccccc1C(=O)Nc1ccc(SCC(=O)Nc2ccc(Cl)cc2Cl)cc1. The summed E-state index contributed by atoms with van der Waals surface area (Å²) in [6.45, 7) is 1.90. The Morgan fingerprint density at radius 2 is 1.66 bits per heavy atom. The van der Waals surface area contributed by atoms with Gasteiger partial charge in [0.15, 0.2) is 0 Å². The van der Waals surface area contributed by atoms with Crippen molar-refractivity contribution in [3.8, 4) is 0 Å². The van der Waals surface area contributed by atoms with E-state index < -0.39 is 0 Å². The van der Waals surface area contributed by atoms with Gasteiger partial charge in [-0.3, -0.25) is 9.59 Å². The topological polar surface area (TPSA) is 58.2 Å². The van der Waals surface area contributed by atoms with Crippen LogP contribution in [-0.2, 0) is 4.79 Å². The predicted molar refractivity (Wildman–Crippen MR) is 121 cm³/mol. The molecule has 7 heteroatoms. The molecule has 2 amide bonds. The lowest BCUT2D eigenvalue weighted by molar-refractivity contribution is -0.113. The molecule has 0 aliphatic carbocycles. The molecule has 0 saturated heterocycles. The minimum absolute atomic E-state index is 0.150. The van der Waals surface area contributed by atoms with Gasteiger partial charge in [0, 0.05) is 21.2 Å². The molecule has 0 atom stereocenters. The Morgan fingerprint density at radius 3 is 2.34 bits per heavy atom. The van der Waals surface area contributed by atoms with Crippen LogP contribution in [0.5, 0.6) is 0 Å². The third-order valence-corrected chi connectivity index (χ3v) is 5.64. The number of thioether (sulfide) groups is 1. The van der Waals surface area contributed by atoms with Gasteiger partial charge in [-0.25, -0.2) is 0 Å². The summed E-state index contributed by atoms with van der Waals surface area (Å²) < 4.78 is 0. The first-order valence-corrected chi connectivity index (χ1v) is 10.5. The number of halogens is 2. The van der Waals surface area contributed by atoms with Crippen LogP contribution in [0.3, 0.4) is 0 Å². The monoisotopic (exact) mass is 444 g/mol. The quantitative estimate of drug-likeness (QED) is 0.439. The predicted octanol–water partition coefficient (Wildman–Crippen LogP) is 6.28. The largest absolute Gasteiger partial charge is 0.324 e. The molecule has 0 aliphatic rings. The van der Waals surface area contributed by atoms with Crippen LogP contribution in [0.1, 0.15) is 15.9 Å². The van der Waals surface area contributed by atoms with Crippen molar-refractivity contribution in [2.75, 3.05) is 16.4 Å². The molecule has 29 heavy (non-hydrogen) atoms. The lowest BCUT2D eigenvalue weighted by Crippen LogP contribution is -2.14. The number of carbonyl (C=O) groups is 2. The van der Waals surface area contributed by atoms with Crippen LogP contribution >= 0.6 is 35.0 Å². The molecule has 0 unspecified atom stereocenters. The Balaban J connectivity index is 1.53. The summed E-state index contributed by atoms with van der Waals surface area (Å²) in [5.41, 5.74) is 2.78. The standard InChI is InChI=1S/C22H18Cl2N2O2S/c1-14-4-2-3-5-18(14)22(28)25-16-7-9-17(10-8-16)29-13-21(27)26-20-11-6-15(23)12-19(20)24/h2-12H,13H2,1H3,(H,25,28)(H,26,27). The third kappa shape index (κ3) is 6.00. The van der Waals surface area contributed by atoms with Crippen molar-refractivity contribution >= 4 is 58.2 Å². The van der Waals surface area contributed by atoms with Gasteiger partial charge in [-0.1, -0.05) is 41.4 Å². The highest BCUT2D eigenvalue weighted by molar-refractivity contribution is 8.00. The highest BCUT2D eigenvalue weighted by Gasteiger charge is 2.10. The van der Waals surface area contributed by atoms with Gasteiger partial charge in [0.05, 0.1) is 16.5 Å². The van der Waals surface area contributed by atoms with E-state index in [1.165, 1.54) is 11.8 Å². The molecule has 2 N–H and O–H groups in total. The first-order chi connectivity index (χ1) is 13.9. The second-order valence-electron chi connectivity index (χ2n) is 6.25. The van der Waals surface area contributed by atoms with Gasteiger partial charge in [0.25, 0.3) is 5.91 Å². The van der Waals surface area contributed by atoms with E-state index in [9.17, 15) is 9.59 Å². The highest BCUT2D eigenvalue weighted by atomic mass is 35.5. The summed E-state index contributed by atoms with van der Waals surface area (Å²) in [7, 11) is 0. The van der Waals surface area contributed by atoms with Crippen LogP contribution in [0.4, 0.5) is 11.4 Å². The summed E-state index contributed by atoms with van der Waals surface area (Å²) in [6.07, 6.45) is 0. The molecule has 0 heterocycles. The summed E-state index contributed by atoms with van der Waals surface area (Å²) in [5, 5.41) is 6.55. The normalized spacial score (nSPS) is 10.4. The number of anilines is 2. The van der Waals surface area contributed by atoms with Crippen molar-refractivity contribution in [1.29, 1.82) is 0 Å².